The van der Waals surface area contributed by atoms with Crippen molar-refractivity contribution in [2.45, 2.75) is 6.92 Å². The highest BCUT2D eigenvalue weighted by Crippen LogP contribution is 2.39. The van der Waals surface area contributed by atoms with E-state index < -0.39 is 0 Å². The molecule has 2 aromatic rings. The van der Waals surface area contributed by atoms with E-state index in [1.807, 2.05) is 6.92 Å². The third-order valence-electron chi connectivity index (χ3n) is 2.48. The summed E-state index contributed by atoms with van der Waals surface area (Å²) in [4.78, 5) is 0. The number of hydrogen-bond donors (Lipinski definition) is 0. The first kappa shape index (κ1) is 13.5. The van der Waals surface area contributed by atoms with Crippen molar-refractivity contribution in [1.82, 2.24) is 0 Å². The first-order chi connectivity index (χ1) is 7.99. The number of halogens is 4. The summed E-state index contributed by atoms with van der Waals surface area (Å²) in [6, 6.07) is 9.60. The first-order valence-electron chi connectivity index (χ1n) is 4.90. The maximum Gasteiger partial charge on any atom is 0.0514 e. The fourth-order valence-electron chi connectivity index (χ4n) is 1.66. The lowest BCUT2D eigenvalue weighted by atomic mass is 10.0. The quantitative estimate of drug-likeness (QED) is 0.501. The molecule has 0 saturated carbocycles. The molecule has 0 spiro atoms. The van der Waals surface area contributed by atoms with E-state index in [9.17, 15) is 0 Å². The van der Waals surface area contributed by atoms with E-state index in [2.05, 4.69) is 40.8 Å². The zero-order valence-electron chi connectivity index (χ0n) is 8.90. The largest absolute Gasteiger partial charge is 0.0842 e. The Bertz CT molecular complexity index is 556. The van der Waals surface area contributed by atoms with E-state index in [1.165, 1.54) is 0 Å². The standard InChI is InChI=1S/C13H8Cl3I/c1-7-2-3-9(17)6-10(7)13-11(15)4-8(14)5-12(13)16/h2-6H,1H3. The average Bonchev–Trinajstić information content (AvgIpc) is 2.21. The fraction of sp³-hybridized carbons (Fsp3) is 0.0769. The zero-order chi connectivity index (χ0) is 12.6. The predicted octanol–water partition coefficient (Wildman–Crippen LogP) is 6.23. The third kappa shape index (κ3) is 2.90. The van der Waals surface area contributed by atoms with Crippen molar-refractivity contribution in [3.63, 3.8) is 0 Å². The second-order valence-electron chi connectivity index (χ2n) is 3.70. The molecule has 0 saturated heterocycles. The average molecular weight is 397 g/mol. The summed E-state index contributed by atoms with van der Waals surface area (Å²) in [7, 11) is 0. The van der Waals surface area contributed by atoms with Crippen molar-refractivity contribution in [2.75, 3.05) is 0 Å². The van der Waals surface area contributed by atoms with Crippen LogP contribution in [0.25, 0.3) is 11.1 Å². The minimum Gasteiger partial charge on any atom is -0.0842 e. The van der Waals surface area contributed by atoms with Gasteiger partial charge in [0.05, 0.1) is 10.0 Å². The third-order valence-corrected chi connectivity index (χ3v) is 3.96. The van der Waals surface area contributed by atoms with Gasteiger partial charge in [0, 0.05) is 14.2 Å². The lowest BCUT2D eigenvalue weighted by molar-refractivity contribution is 1.44. The highest BCUT2D eigenvalue weighted by atomic mass is 127. The minimum atomic E-state index is 0.548. The van der Waals surface area contributed by atoms with Crippen molar-refractivity contribution in [2.24, 2.45) is 0 Å². The number of hydrogen-bond acceptors (Lipinski definition) is 0. The second kappa shape index (κ2) is 5.35. The van der Waals surface area contributed by atoms with Gasteiger partial charge in [-0.25, -0.2) is 0 Å². The van der Waals surface area contributed by atoms with Crippen LogP contribution >= 0.6 is 57.4 Å². The molecule has 0 radical (unpaired) electrons. The summed E-state index contributed by atoms with van der Waals surface area (Å²) >= 11 is 20.6. The highest BCUT2D eigenvalue weighted by Gasteiger charge is 2.12. The summed E-state index contributed by atoms with van der Waals surface area (Å²) in [6.07, 6.45) is 0. The Balaban J connectivity index is 2.72. The van der Waals surface area contributed by atoms with Gasteiger partial charge in [-0.15, -0.1) is 0 Å². The molecule has 0 nitrogen and oxygen atoms in total. The Morgan fingerprint density at radius 2 is 1.53 bits per heavy atom. The van der Waals surface area contributed by atoms with Crippen molar-refractivity contribution < 1.29 is 0 Å². The van der Waals surface area contributed by atoms with Gasteiger partial charge >= 0.3 is 0 Å². The van der Waals surface area contributed by atoms with Gasteiger partial charge in [0.2, 0.25) is 0 Å². The Morgan fingerprint density at radius 1 is 0.941 bits per heavy atom. The van der Waals surface area contributed by atoms with Crippen LogP contribution in [-0.4, -0.2) is 0 Å². The minimum absolute atomic E-state index is 0.548. The van der Waals surface area contributed by atoms with Gasteiger partial charge in [0.25, 0.3) is 0 Å². The summed E-state index contributed by atoms with van der Waals surface area (Å²) < 4.78 is 1.14. The molecule has 0 aliphatic rings. The van der Waals surface area contributed by atoms with Crippen LogP contribution in [0.1, 0.15) is 5.56 Å². The van der Waals surface area contributed by atoms with Crippen molar-refractivity contribution >= 4 is 57.4 Å². The molecule has 4 heteroatoms. The van der Waals surface area contributed by atoms with Gasteiger partial charge in [-0.05, 0) is 64.9 Å². The number of rotatable bonds is 1. The molecule has 0 unspecified atom stereocenters. The molecule has 0 fully saturated rings. The molecule has 0 bridgehead atoms. The summed E-state index contributed by atoms with van der Waals surface area (Å²) in [5.74, 6) is 0. The summed E-state index contributed by atoms with van der Waals surface area (Å²) in [5, 5.41) is 1.70. The Hall–Kier alpha value is 0.0400. The highest BCUT2D eigenvalue weighted by molar-refractivity contribution is 14.1. The van der Waals surface area contributed by atoms with Crippen molar-refractivity contribution in [1.29, 1.82) is 0 Å². The molecule has 17 heavy (non-hydrogen) atoms. The SMILES string of the molecule is Cc1ccc(I)cc1-c1c(Cl)cc(Cl)cc1Cl. The molecule has 0 atom stereocenters. The van der Waals surface area contributed by atoms with E-state index in [0.29, 0.717) is 15.1 Å². The molecule has 88 valence electrons. The maximum absolute atomic E-state index is 6.22. The van der Waals surface area contributed by atoms with Gasteiger partial charge in [-0.1, -0.05) is 40.9 Å². The van der Waals surface area contributed by atoms with Gasteiger partial charge in [0.1, 0.15) is 0 Å². The molecule has 0 heterocycles. The molecule has 2 aromatic carbocycles. The van der Waals surface area contributed by atoms with Crippen LogP contribution in [0, 0.1) is 10.5 Å². The Morgan fingerprint density at radius 3 is 2.12 bits per heavy atom. The Kier molecular flexibility index (Phi) is 4.24. The van der Waals surface area contributed by atoms with Crippen LogP contribution in [0.15, 0.2) is 30.3 Å². The van der Waals surface area contributed by atoms with Crippen LogP contribution in [0.3, 0.4) is 0 Å². The van der Waals surface area contributed by atoms with Gasteiger partial charge in [-0.2, -0.15) is 0 Å². The second-order valence-corrected chi connectivity index (χ2v) is 6.20. The molecular weight excluding hydrogens is 389 g/mol. The summed E-state index contributed by atoms with van der Waals surface area (Å²) in [5.41, 5.74) is 3.02. The smallest absolute Gasteiger partial charge is 0.0514 e. The number of benzene rings is 2. The van der Waals surface area contributed by atoms with Gasteiger partial charge < -0.3 is 0 Å². The molecule has 0 aromatic heterocycles. The monoisotopic (exact) mass is 396 g/mol. The maximum atomic E-state index is 6.22. The van der Waals surface area contributed by atoms with E-state index in [0.717, 1.165) is 20.3 Å². The molecule has 0 aliphatic heterocycles. The van der Waals surface area contributed by atoms with Gasteiger partial charge in [-0.3, -0.25) is 0 Å². The lowest BCUT2D eigenvalue weighted by Gasteiger charge is -2.11. The fourth-order valence-corrected chi connectivity index (χ4v) is 3.17. The summed E-state index contributed by atoms with van der Waals surface area (Å²) in [6.45, 7) is 2.03. The van der Waals surface area contributed by atoms with Crippen LogP contribution in [-0.2, 0) is 0 Å². The van der Waals surface area contributed by atoms with E-state index >= 15 is 0 Å². The molecule has 0 N–H and O–H groups in total. The Labute approximate surface area is 129 Å². The molecule has 0 aliphatic carbocycles. The van der Waals surface area contributed by atoms with Crippen molar-refractivity contribution in [3.05, 3.63) is 54.5 Å². The molecule has 2 rings (SSSR count). The van der Waals surface area contributed by atoms with Crippen LogP contribution in [0.4, 0.5) is 0 Å². The lowest BCUT2D eigenvalue weighted by Crippen LogP contribution is -1.87. The van der Waals surface area contributed by atoms with E-state index in [4.69, 9.17) is 34.8 Å². The first-order valence-corrected chi connectivity index (χ1v) is 7.11. The van der Waals surface area contributed by atoms with E-state index in [-0.39, 0.29) is 0 Å². The van der Waals surface area contributed by atoms with E-state index in [1.54, 1.807) is 12.1 Å². The molecular formula is C13H8Cl3I. The van der Waals surface area contributed by atoms with Gasteiger partial charge in [0.15, 0.2) is 0 Å². The normalized spacial score (nSPS) is 10.6. The molecule has 0 amide bonds. The topological polar surface area (TPSA) is 0 Å². The van der Waals surface area contributed by atoms with Crippen LogP contribution in [0.2, 0.25) is 15.1 Å². The van der Waals surface area contributed by atoms with Crippen LogP contribution in [0.5, 0.6) is 0 Å². The number of aryl methyl sites for hydroxylation is 1. The predicted molar refractivity (Wildman–Crippen MR) is 84.4 cm³/mol. The zero-order valence-corrected chi connectivity index (χ0v) is 13.3. The van der Waals surface area contributed by atoms with Crippen molar-refractivity contribution in [3.8, 4) is 11.1 Å². The van der Waals surface area contributed by atoms with Crippen LogP contribution < -0.4 is 0 Å².